The van der Waals surface area contributed by atoms with E-state index in [1.807, 2.05) is 18.2 Å². The van der Waals surface area contributed by atoms with Crippen LogP contribution in [0.1, 0.15) is 32.4 Å². The monoisotopic (exact) mass is 282 g/mol. The quantitative estimate of drug-likeness (QED) is 0.903. The van der Waals surface area contributed by atoms with Crippen LogP contribution in [0.3, 0.4) is 0 Å². The number of anilines is 1. The lowest BCUT2D eigenvalue weighted by atomic mass is 10.1. The minimum Gasteiger partial charge on any atom is -0.389 e. The molecule has 0 amide bonds. The maximum atomic E-state index is 9.59. The number of benzene rings is 1. The molecule has 0 aromatic heterocycles. The van der Waals surface area contributed by atoms with E-state index in [2.05, 4.69) is 30.7 Å². The predicted molar refractivity (Wildman–Crippen MR) is 81.0 cm³/mol. The Balaban J connectivity index is 2.23. The average Bonchev–Trinajstić information content (AvgIpc) is 2.35. The Morgan fingerprint density at radius 3 is 2.32 bits per heavy atom. The van der Waals surface area contributed by atoms with Gasteiger partial charge in [-0.1, -0.05) is 17.7 Å². The van der Waals surface area contributed by atoms with Crippen LogP contribution in [0.2, 0.25) is 5.02 Å². The molecule has 3 atom stereocenters. The standard InChI is InChI=1S/C15H23ClN2O/c1-10-8-18(9-11(2)17(10)4)15-6-5-13(12(3)19)7-14(15)16/h5-7,10-12,19H,8-9H2,1-4H3/t10?,11?,12-/m0/s1. The first kappa shape index (κ1) is 14.6. The second-order valence-electron chi connectivity index (χ2n) is 5.66. The first-order valence-electron chi connectivity index (χ1n) is 6.84. The van der Waals surface area contributed by atoms with Crippen LogP contribution in [-0.4, -0.2) is 42.2 Å². The molecule has 106 valence electrons. The van der Waals surface area contributed by atoms with Gasteiger partial charge in [0.05, 0.1) is 16.8 Å². The number of aliphatic hydroxyl groups is 1. The zero-order valence-corrected chi connectivity index (χ0v) is 12.9. The molecule has 0 aliphatic carbocycles. The van der Waals surface area contributed by atoms with E-state index in [-0.39, 0.29) is 0 Å². The van der Waals surface area contributed by atoms with E-state index in [1.165, 1.54) is 0 Å². The van der Waals surface area contributed by atoms with E-state index in [0.29, 0.717) is 12.1 Å². The van der Waals surface area contributed by atoms with Crippen molar-refractivity contribution in [2.75, 3.05) is 25.0 Å². The topological polar surface area (TPSA) is 26.7 Å². The van der Waals surface area contributed by atoms with Crippen molar-refractivity contribution in [3.63, 3.8) is 0 Å². The molecule has 1 aromatic carbocycles. The molecule has 0 radical (unpaired) electrons. The maximum absolute atomic E-state index is 9.59. The molecule has 0 spiro atoms. The molecule has 4 heteroatoms. The predicted octanol–water partition coefficient (Wildman–Crippen LogP) is 2.92. The summed E-state index contributed by atoms with van der Waals surface area (Å²) in [6.07, 6.45) is -0.475. The van der Waals surface area contributed by atoms with Crippen molar-refractivity contribution in [2.45, 2.75) is 39.0 Å². The van der Waals surface area contributed by atoms with Crippen LogP contribution in [0.15, 0.2) is 18.2 Å². The number of likely N-dealkylation sites (N-methyl/N-ethyl adjacent to an activating group) is 1. The van der Waals surface area contributed by atoms with Gasteiger partial charge in [-0.15, -0.1) is 0 Å². The highest BCUT2D eigenvalue weighted by atomic mass is 35.5. The Hall–Kier alpha value is -0.770. The summed E-state index contributed by atoms with van der Waals surface area (Å²) < 4.78 is 0. The molecule has 1 aliphatic heterocycles. The van der Waals surface area contributed by atoms with Crippen LogP contribution < -0.4 is 4.90 Å². The van der Waals surface area contributed by atoms with E-state index < -0.39 is 6.10 Å². The number of hydrogen-bond donors (Lipinski definition) is 1. The third-order valence-electron chi connectivity index (χ3n) is 4.15. The Labute approximate surface area is 120 Å². The number of piperazine rings is 1. The summed E-state index contributed by atoms with van der Waals surface area (Å²) in [5, 5.41) is 10.3. The fourth-order valence-corrected chi connectivity index (χ4v) is 2.95. The third-order valence-corrected chi connectivity index (χ3v) is 4.46. The molecule has 1 aromatic rings. The van der Waals surface area contributed by atoms with Gasteiger partial charge >= 0.3 is 0 Å². The van der Waals surface area contributed by atoms with Crippen LogP contribution in [0.25, 0.3) is 0 Å². The summed E-state index contributed by atoms with van der Waals surface area (Å²) in [6.45, 7) is 8.19. The van der Waals surface area contributed by atoms with Crippen molar-refractivity contribution in [3.8, 4) is 0 Å². The summed E-state index contributed by atoms with van der Waals surface area (Å²) in [7, 11) is 2.17. The zero-order chi connectivity index (χ0) is 14.2. The van der Waals surface area contributed by atoms with Gasteiger partial charge in [0, 0.05) is 25.2 Å². The summed E-state index contributed by atoms with van der Waals surface area (Å²) in [5.74, 6) is 0. The fraction of sp³-hybridized carbons (Fsp3) is 0.600. The van der Waals surface area contributed by atoms with E-state index in [9.17, 15) is 5.11 Å². The highest BCUT2D eigenvalue weighted by Gasteiger charge is 2.27. The van der Waals surface area contributed by atoms with Gasteiger partial charge in [0.1, 0.15) is 0 Å². The molecule has 1 N–H and O–H groups in total. The van der Waals surface area contributed by atoms with Gasteiger partial charge in [-0.05, 0) is 45.5 Å². The van der Waals surface area contributed by atoms with Gasteiger partial charge in [-0.3, -0.25) is 4.90 Å². The smallest absolute Gasteiger partial charge is 0.0762 e. The molecule has 0 bridgehead atoms. The summed E-state index contributed by atoms with van der Waals surface area (Å²) in [6, 6.07) is 6.87. The summed E-state index contributed by atoms with van der Waals surface area (Å²) in [5.41, 5.74) is 1.93. The SMILES string of the molecule is CC1CN(c2ccc([C@H](C)O)cc2Cl)CC(C)N1C. The molecule has 2 rings (SSSR count). The second kappa shape index (κ2) is 5.70. The Morgan fingerprint density at radius 1 is 1.26 bits per heavy atom. The first-order chi connectivity index (χ1) is 8.90. The van der Waals surface area contributed by atoms with Crippen molar-refractivity contribution >= 4 is 17.3 Å². The lowest BCUT2D eigenvalue weighted by Gasteiger charge is -2.43. The Bertz CT molecular complexity index is 438. The lowest BCUT2D eigenvalue weighted by molar-refractivity contribution is 0.170. The lowest BCUT2D eigenvalue weighted by Crippen LogP contribution is -2.55. The van der Waals surface area contributed by atoms with E-state index in [0.717, 1.165) is 29.4 Å². The van der Waals surface area contributed by atoms with Gasteiger partial charge in [0.2, 0.25) is 0 Å². The largest absolute Gasteiger partial charge is 0.389 e. The van der Waals surface area contributed by atoms with Crippen molar-refractivity contribution in [1.82, 2.24) is 4.90 Å². The Morgan fingerprint density at radius 2 is 1.84 bits per heavy atom. The molecule has 1 heterocycles. The van der Waals surface area contributed by atoms with Crippen LogP contribution in [0.5, 0.6) is 0 Å². The van der Waals surface area contributed by atoms with Crippen LogP contribution in [-0.2, 0) is 0 Å². The highest BCUT2D eigenvalue weighted by molar-refractivity contribution is 6.33. The zero-order valence-electron chi connectivity index (χ0n) is 12.1. The number of halogens is 1. The van der Waals surface area contributed by atoms with Gasteiger partial charge in [-0.2, -0.15) is 0 Å². The van der Waals surface area contributed by atoms with Gasteiger partial charge in [0.25, 0.3) is 0 Å². The molecule has 2 unspecified atom stereocenters. The number of hydrogen-bond acceptors (Lipinski definition) is 3. The number of rotatable bonds is 2. The molecule has 0 saturated carbocycles. The van der Waals surface area contributed by atoms with Gasteiger partial charge < -0.3 is 10.0 Å². The second-order valence-corrected chi connectivity index (χ2v) is 6.06. The van der Waals surface area contributed by atoms with Gasteiger partial charge in [-0.25, -0.2) is 0 Å². The van der Waals surface area contributed by atoms with Crippen molar-refractivity contribution < 1.29 is 5.11 Å². The molecule has 1 fully saturated rings. The highest BCUT2D eigenvalue weighted by Crippen LogP contribution is 2.31. The molecule has 3 nitrogen and oxygen atoms in total. The molecule has 1 aliphatic rings. The number of nitrogens with zero attached hydrogens (tertiary/aromatic N) is 2. The van der Waals surface area contributed by atoms with Gasteiger partial charge in [0.15, 0.2) is 0 Å². The van der Waals surface area contributed by atoms with E-state index in [4.69, 9.17) is 11.6 Å². The van der Waals surface area contributed by atoms with Crippen molar-refractivity contribution in [2.24, 2.45) is 0 Å². The minimum absolute atomic E-state index is 0.475. The van der Waals surface area contributed by atoms with E-state index in [1.54, 1.807) is 6.92 Å². The maximum Gasteiger partial charge on any atom is 0.0762 e. The molecular formula is C15H23ClN2O. The summed E-state index contributed by atoms with van der Waals surface area (Å²) in [4.78, 5) is 4.73. The minimum atomic E-state index is -0.475. The fourth-order valence-electron chi connectivity index (χ4n) is 2.64. The number of aliphatic hydroxyl groups excluding tert-OH is 1. The third kappa shape index (κ3) is 3.04. The normalized spacial score (nSPS) is 26.5. The molecular weight excluding hydrogens is 260 g/mol. The van der Waals surface area contributed by atoms with Crippen LogP contribution >= 0.6 is 11.6 Å². The van der Waals surface area contributed by atoms with Crippen molar-refractivity contribution in [3.05, 3.63) is 28.8 Å². The summed E-state index contributed by atoms with van der Waals surface area (Å²) >= 11 is 6.37. The molecule has 1 saturated heterocycles. The van der Waals surface area contributed by atoms with Crippen LogP contribution in [0.4, 0.5) is 5.69 Å². The Kier molecular flexibility index (Phi) is 4.39. The van der Waals surface area contributed by atoms with Crippen LogP contribution in [0, 0.1) is 0 Å². The average molecular weight is 283 g/mol. The molecule has 19 heavy (non-hydrogen) atoms. The van der Waals surface area contributed by atoms with Crippen molar-refractivity contribution in [1.29, 1.82) is 0 Å². The van der Waals surface area contributed by atoms with E-state index >= 15 is 0 Å². The first-order valence-corrected chi connectivity index (χ1v) is 7.22.